The van der Waals surface area contributed by atoms with E-state index in [1.807, 2.05) is 0 Å². The van der Waals surface area contributed by atoms with E-state index in [4.69, 9.17) is 17.2 Å². The van der Waals surface area contributed by atoms with Crippen molar-refractivity contribution in [3.63, 3.8) is 0 Å². The molecule has 10 N–H and O–H groups in total. The SMILES string of the molecule is CC(O)C(NC(=O)C1CCCN1C(=O)C(CCCN=C(N)N)NC(=O)C(N)CS)C(=O)O. The Morgan fingerprint density at radius 3 is 2.44 bits per heavy atom. The first-order chi connectivity index (χ1) is 15.0. The average Bonchev–Trinajstić information content (AvgIpc) is 3.21. The van der Waals surface area contributed by atoms with Crippen LogP contribution < -0.4 is 27.8 Å². The Bertz CT molecular complexity index is 716. The summed E-state index contributed by atoms with van der Waals surface area (Å²) in [7, 11) is 0. The van der Waals surface area contributed by atoms with E-state index in [0.29, 0.717) is 19.3 Å². The number of amides is 3. The van der Waals surface area contributed by atoms with Crippen molar-refractivity contribution in [3.05, 3.63) is 0 Å². The van der Waals surface area contributed by atoms with Gasteiger partial charge in [-0.05, 0) is 32.6 Å². The Labute approximate surface area is 191 Å². The summed E-state index contributed by atoms with van der Waals surface area (Å²) in [5.74, 6) is -3.18. The smallest absolute Gasteiger partial charge is 0.328 e. The number of carbonyl (C=O) groups is 4. The number of aliphatic hydroxyl groups is 1. The molecule has 0 spiro atoms. The third-order valence-corrected chi connectivity index (χ3v) is 5.37. The molecule has 0 radical (unpaired) electrons. The molecule has 0 aliphatic carbocycles. The van der Waals surface area contributed by atoms with Crippen molar-refractivity contribution in [2.45, 2.75) is 62.9 Å². The lowest BCUT2D eigenvalue weighted by molar-refractivity contribution is -0.147. The molecule has 32 heavy (non-hydrogen) atoms. The first kappa shape index (κ1) is 27.5. The summed E-state index contributed by atoms with van der Waals surface area (Å²) in [6, 6.07) is -4.35. The third-order valence-electron chi connectivity index (χ3n) is 4.98. The first-order valence-electron chi connectivity index (χ1n) is 10.2. The van der Waals surface area contributed by atoms with Crippen LogP contribution in [0, 0.1) is 0 Å². The van der Waals surface area contributed by atoms with Gasteiger partial charge in [-0.3, -0.25) is 19.4 Å². The molecule has 0 saturated carbocycles. The molecule has 14 heteroatoms. The van der Waals surface area contributed by atoms with Crippen molar-refractivity contribution in [1.29, 1.82) is 0 Å². The van der Waals surface area contributed by atoms with Crippen molar-refractivity contribution in [2.24, 2.45) is 22.2 Å². The van der Waals surface area contributed by atoms with Gasteiger partial charge in [-0.25, -0.2) is 4.79 Å². The van der Waals surface area contributed by atoms with Gasteiger partial charge in [0.1, 0.15) is 12.1 Å². The molecule has 1 aliphatic heterocycles. The molecule has 0 aromatic rings. The second-order valence-electron chi connectivity index (χ2n) is 7.55. The van der Waals surface area contributed by atoms with E-state index in [-0.39, 0.29) is 31.2 Å². The van der Waals surface area contributed by atoms with E-state index >= 15 is 0 Å². The zero-order chi connectivity index (χ0) is 24.4. The van der Waals surface area contributed by atoms with E-state index in [2.05, 4.69) is 28.3 Å². The summed E-state index contributed by atoms with van der Waals surface area (Å²) in [6.07, 6.45) is 0.0673. The number of nitrogens with zero attached hydrogens (tertiary/aromatic N) is 2. The Hall–Kier alpha value is -2.58. The van der Waals surface area contributed by atoms with E-state index in [1.165, 1.54) is 11.8 Å². The maximum atomic E-state index is 13.2. The molecule has 3 amide bonds. The minimum atomic E-state index is -1.51. The molecule has 0 aromatic heterocycles. The van der Waals surface area contributed by atoms with E-state index in [0.717, 1.165) is 0 Å². The highest BCUT2D eigenvalue weighted by atomic mass is 32.1. The number of aliphatic carboxylic acids is 1. The van der Waals surface area contributed by atoms with Crippen molar-refractivity contribution < 1.29 is 29.4 Å². The van der Waals surface area contributed by atoms with E-state index in [9.17, 15) is 29.4 Å². The van der Waals surface area contributed by atoms with Crippen molar-refractivity contribution in [1.82, 2.24) is 15.5 Å². The molecular formula is C18H33N7O6S. The fraction of sp³-hybridized carbons (Fsp3) is 0.722. The fourth-order valence-corrected chi connectivity index (χ4v) is 3.43. The summed E-state index contributed by atoms with van der Waals surface area (Å²) in [6.45, 7) is 1.73. The monoisotopic (exact) mass is 475 g/mol. The zero-order valence-electron chi connectivity index (χ0n) is 17.9. The second-order valence-corrected chi connectivity index (χ2v) is 7.92. The average molecular weight is 476 g/mol. The highest BCUT2D eigenvalue weighted by molar-refractivity contribution is 7.80. The summed E-state index contributed by atoms with van der Waals surface area (Å²) in [5, 5.41) is 23.6. The standard InChI is InChI=1S/C18H33N7O6S/c1-9(26)13(17(30)31)24-15(28)12-5-3-7-25(12)16(29)11(4-2-6-22-18(20)21)23-14(27)10(19)8-32/h9-13,26,32H,2-8,19H2,1H3,(H,23,27)(H,24,28)(H,30,31)(H4,20,21,22). The van der Waals surface area contributed by atoms with Gasteiger partial charge in [0.25, 0.3) is 0 Å². The number of hydrogen-bond donors (Lipinski definition) is 8. The van der Waals surface area contributed by atoms with Crippen LogP contribution in [0.1, 0.15) is 32.6 Å². The summed E-state index contributed by atoms with van der Waals surface area (Å²) in [5.41, 5.74) is 16.3. The van der Waals surface area contributed by atoms with Crippen LogP contribution in [0.5, 0.6) is 0 Å². The number of nitrogens with one attached hydrogen (secondary N) is 2. The quantitative estimate of drug-likeness (QED) is 0.0612. The number of likely N-dealkylation sites (tertiary alicyclic amines) is 1. The number of carboxylic acid groups (broad SMARTS) is 1. The van der Waals surface area contributed by atoms with Crippen LogP contribution >= 0.6 is 12.6 Å². The molecule has 5 unspecified atom stereocenters. The number of hydrogen-bond acceptors (Lipinski definition) is 8. The van der Waals surface area contributed by atoms with Gasteiger partial charge in [0.2, 0.25) is 17.7 Å². The van der Waals surface area contributed by atoms with Crippen LogP contribution in [0.25, 0.3) is 0 Å². The maximum Gasteiger partial charge on any atom is 0.328 e. The lowest BCUT2D eigenvalue weighted by Crippen LogP contribution is -2.58. The van der Waals surface area contributed by atoms with Crippen molar-refractivity contribution >= 4 is 42.3 Å². The van der Waals surface area contributed by atoms with Crippen LogP contribution in [0.4, 0.5) is 0 Å². The van der Waals surface area contributed by atoms with Gasteiger partial charge in [-0.15, -0.1) is 0 Å². The summed E-state index contributed by atoms with van der Waals surface area (Å²) >= 11 is 3.98. The number of aliphatic hydroxyl groups excluding tert-OH is 1. The predicted octanol–water partition coefficient (Wildman–Crippen LogP) is -3.28. The molecule has 182 valence electrons. The number of rotatable bonds is 12. The van der Waals surface area contributed by atoms with Gasteiger partial charge >= 0.3 is 5.97 Å². The Morgan fingerprint density at radius 2 is 1.91 bits per heavy atom. The molecule has 1 fully saturated rings. The molecule has 0 bridgehead atoms. The summed E-state index contributed by atoms with van der Waals surface area (Å²) < 4.78 is 0. The summed E-state index contributed by atoms with van der Waals surface area (Å²) in [4.78, 5) is 54.6. The normalized spacial score (nSPS) is 19.4. The highest BCUT2D eigenvalue weighted by Gasteiger charge is 2.39. The van der Waals surface area contributed by atoms with Crippen LogP contribution in [0.3, 0.4) is 0 Å². The molecular weight excluding hydrogens is 442 g/mol. The Morgan fingerprint density at radius 1 is 1.25 bits per heavy atom. The number of carboxylic acids is 1. The number of guanidine groups is 1. The fourth-order valence-electron chi connectivity index (χ4n) is 3.26. The second kappa shape index (κ2) is 13.1. The van der Waals surface area contributed by atoms with Gasteiger partial charge < -0.3 is 42.9 Å². The number of thiol groups is 1. The van der Waals surface area contributed by atoms with Crippen LogP contribution in [0.15, 0.2) is 4.99 Å². The van der Waals surface area contributed by atoms with E-state index in [1.54, 1.807) is 0 Å². The molecule has 1 aliphatic rings. The maximum absolute atomic E-state index is 13.2. The predicted molar refractivity (Wildman–Crippen MR) is 120 cm³/mol. The molecule has 5 atom stereocenters. The minimum absolute atomic E-state index is 0.0748. The lowest BCUT2D eigenvalue weighted by Gasteiger charge is -2.30. The van der Waals surface area contributed by atoms with Gasteiger partial charge in [-0.1, -0.05) is 0 Å². The number of aliphatic imine (C=N–C) groups is 1. The zero-order valence-corrected chi connectivity index (χ0v) is 18.8. The lowest BCUT2D eigenvalue weighted by atomic mass is 10.1. The van der Waals surface area contributed by atoms with Crippen molar-refractivity contribution in [2.75, 3.05) is 18.8 Å². The van der Waals surface area contributed by atoms with Crippen LogP contribution in [-0.4, -0.2) is 93.9 Å². The van der Waals surface area contributed by atoms with Crippen molar-refractivity contribution in [3.8, 4) is 0 Å². The van der Waals surface area contributed by atoms with E-state index < -0.39 is 54.0 Å². The molecule has 13 nitrogen and oxygen atoms in total. The van der Waals surface area contributed by atoms with Crippen LogP contribution in [0.2, 0.25) is 0 Å². The van der Waals surface area contributed by atoms with Gasteiger partial charge in [0.15, 0.2) is 12.0 Å². The molecule has 1 heterocycles. The Balaban J connectivity index is 2.96. The third kappa shape index (κ3) is 8.16. The minimum Gasteiger partial charge on any atom is -0.480 e. The van der Waals surface area contributed by atoms with Gasteiger partial charge in [0.05, 0.1) is 12.1 Å². The molecule has 0 aromatic carbocycles. The number of nitrogens with two attached hydrogens (primary N) is 3. The molecule has 1 rings (SSSR count). The Kier molecular flexibility index (Phi) is 11.2. The van der Waals surface area contributed by atoms with Gasteiger partial charge in [-0.2, -0.15) is 12.6 Å². The topological polar surface area (TPSA) is 226 Å². The first-order valence-corrected chi connectivity index (χ1v) is 10.9. The number of carbonyl (C=O) groups excluding carboxylic acids is 3. The van der Waals surface area contributed by atoms with Gasteiger partial charge in [0, 0.05) is 18.8 Å². The largest absolute Gasteiger partial charge is 0.480 e. The highest BCUT2D eigenvalue weighted by Crippen LogP contribution is 2.20. The molecule has 1 saturated heterocycles. The van der Waals surface area contributed by atoms with Crippen LogP contribution in [-0.2, 0) is 19.2 Å².